The van der Waals surface area contributed by atoms with Gasteiger partial charge in [0, 0.05) is 4.47 Å². The minimum absolute atomic E-state index is 0.0448. The summed E-state index contributed by atoms with van der Waals surface area (Å²) in [6, 6.07) is 15.4. The van der Waals surface area contributed by atoms with Crippen molar-refractivity contribution in [3.63, 3.8) is 0 Å². The van der Waals surface area contributed by atoms with E-state index in [0.29, 0.717) is 11.7 Å². The largest absolute Gasteiger partial charge is 0.497 e. The molecule has 0 N–H and O–H groups in total. The van der Waals surface area contributed by atoms with Gasteiger partial charge < -0.3 is 4.74 Å². The van der Waals surface area contributed by atoms with Crippen molar-refractivity contribution in [2.24, 2.45) is 10.2 Å². The first-order chi connectivity index (χ1) is 12.6. The van der Waals surface area contributed by atoms with Crippen LogP contribution in [0.1, 0.15) is 18.1 Å². The van der Waals surface area contributed by atoms with Crippen LogP contribution < -0.4 is 4.74 Å². The zero-order chi connectivity index (χ0) is 18.5. The monoisotopic (exact) mass is 431 g/mol. The molecule has 0 spiro atoms. The van der Waals surface area contributed by atoms with Gasteiger partial charge in [0.15, 0.2) is 5.17 Å². The Labute approximate surface area is 165 Å². The Kier molecular flexibility index (Phi) is 6.11. The highest BCUT2D eigenvalue weighted by molar-refractivity contribution is 9.10. The summed E-state index contributed by atoms with van der Waals surface area (Å²) < 4.78 is 6.18. The SMILES string of the molecule is COc1ccc(CN2C(=O)[C@H](C)S/C2=N\N=C/c2ccc(Br)cc2)cc1. The smallest absolute Gasteiger partial charge is 0.242 e. The number of hydrogen-bond donors (Lipinski definition) is 0. The summed E-state index contributed by atoms with van der Waals surface area (Å²) in [6.07, 6.45) is 1.68. The molecule has 0 saturated carbocycles. The molecule has 2 aromatic rings. The Morgan fingerprint density at radius 3 is 2.54 bits per heavy atom. The number of nitrogens with zero attached hydrogens (tertiary/aromatic N) is 3. The van der Waals surface area contributed by atoms with Crippen LogP contribution in [-0.2, 0) is 11.3 Å². The van der Waals surface area contributed by atoms with Gasteiger partial charge in [0.1, 0.15) is 5.75 Å². The van der Waals surface area contributed by atoms with E-state index in [1.165, 1.54) is 11.8 Å². The summed E-state index contributed by atoms with van der Waals surface area (Å²) in [5, 5.41) is 8.88. The molecule has 7 heteroatoms. The molecular weight excluding hydrogens is 414 g/mol. The molecule has 2 aromatic carbocycles. The molecule has 5 nitrogen and oxygen atoms in total. The third-order valence-electron chi connectivity index (χ3n) is 3.85. The maximum atomic E-state index is 12.5. The van der Waals surface area contributed by atoms with Crippen LogP contribution in [0.3, 0.4) is 0 Å². The lowest BCUT2D eigenvalue weighted by Crippen LogP contribution is -2.30. The molecule has 1 aliphatic heterocycles. The lowest BCUT2D eigenvalue weighted by molar-refractivity contribution is -0.126. The van der Waals surface area contributed by atoms with E-state index < -0.39 is 0 Å². The quantitative estimate of drug-likeness (QED) is 0.523. The molecular formula is C19H18BrN3O2S. The van der Waals surface area contributed by atoms with Crippen molar-refractivity contribution in [3.8, 4) is 5.75 Å². The number of carbonyl (C=O) groups excluding carboxylic acids is 1. The fraction of sp³-hybridized carbons (Fsp3) is 0.211. The van der Waals surface area contributed by atoms with Gasteiger partial charge >= 0.3 is 0 Å². The minimum atomic E-state index is -0.158. The van der Waals surface area contributed by atoms with Gasteiger partial charge in [-0.3, -0.25) is 9.69 Å². The first-order valence-corrected chi connectivity index (χ1v) is 9.71. The average molecular weight is 432 g/mol. The van der Waals surface area contributed by atoms with Gasteiger partial charge in [0.05, 0.1) is 25.1 Å². The highest BCUT2D eigenvalue weighted by atomic mass is 79.9. The van der Waals surface area contributed by atoms with Crippen LogP contribution in [-0.4, -0.2) is 34.5 Å². The van der Waals surface area contributed by atoms with Crippen LogP contribution in [0, 0.1) is 0 Å². The van der Waals surface area contributed by atoms with Crippen molar-refractivity contribution in [1.29, 1.82) is 0 Å². The normalized spacial score (nSPS) is 18.9. The first kappa shape index (κ1) is 18.7. The zero-order valence-corrected chi connectivity index (χ0v) is 16.8. The van der Waals surface area contributed by atoms with E-state index >= 15 is 0 Å². The van der Waals surface area contributed by atoms with Crippen molar-refractivity contribution >= 4 is 45.0 Å². The van der Waals surface area contributed by atoms with Gasteiger partial charge in [-0.05, 0) is 42.3 Å². The molecule has 0 aromatic heterocycles. The maximum Gasteiger partial charge on any atom is 0.242 e. The van der Waals surface area contributed by atoms with Crippen molar-refractivity contribution in [3.05, 3.63) is 64.1 Å². The minimum Gasteiger partial charge on any atom is -0.497 e. The standard InChI is InChI=1S/C19H18BrN3O2S/c1-13-18(24)23(12-15-5-9-17(25-2)10-6-15)19(26-13)22-21-11-14-3-7-16(20)8-4-14/h3-11,13H,12H2,1-2H3/b21-11-,22-19-/t13-/m0/s1. The third kappa shape index (κ3) is 4.53. The van der Waals surface area contributed by atoms with Crippen LogP contribution in [0.15, 0.2) is 63.2 Å². The lowest BCUT2D eigenvalue weighted by atomic mass is 10.2. The van der Waals surface area contributed by atoms with Gasteiger partial charge in [-0.25, -0.2) is 0 Å². The predicted octanol–water partition coefficient (Wildman–Crippen LogP) is 4.31. The Morgan fingerprint density at radius 2 is 1.88 bits per heavy atom. The summed E-state index contributed by atoms with van der Waals surface area (Å²) in [6.45, 7) is 2.35. The van der Waals surface area contributed by atoms with E-state index in [4.69, 9.17) is 4.74 Å². The number of carbonyl (C=O) groups is 1. The predicted molar refractivity (Wildman–Crippen MR) is 110 cm³/mol. The number of ether oxygens (including phenoxy) is 1. The number of benzene rings is 2. The van der Waals surface area contributed by atoms with Gasteiger partial charge in [-0.15, -0.1) is 5.10 Å². The number of amidine groups is 1. The number of thioether (sulfide) groups is 1. The van der Waals surface area contributed by atoms with Gasteiger partial charge in [0.2, 0.25) is 5.91 Å². The summed E-state index contributed by atoms with van der Waals surface area (Å²) in [5.74, 6) is 0.834. The molecule has 1 aliphatic rings. The van der Waals surface area contributed by atoms with Crippen molar-refractivity contribution in [2.75, 3.05) is 7.11 Å². The molecule has 0 unspecified atom stereocenters. The fourth-order valence-electron chi connectivity index (χ4n) is 2.42. The Bertz CT molecular complexity index is 835. The van der Waals surface area contributed by atoms with Crippen LogP contribution in [0.5, 0.6) is 5.75 Å². The van der Waals surface area contributed by atoms with Crippen LogP contribution >= 0.6 is 27.7 Å². The van der Waals surface area contributed by atoms with Crippen LogP contribution in [0.2, 0.25) is 0 Å². The maximum absolute atomic E-state index is 12.5. The summed E-state index contributed by atoms with van der Waals surface area (Å²) in [4.78, 5) is 14.1. The summed E-state index contributed by atoms with van der Waals surface area (Å²) in [7, 11) is 1.63. The second-order valence-electron chi connectivity index (χ2n) is 5.71. The van der Waals surface area contributed by atoms with E-state index in [0.717, 1.165) is 21.3 Å². The number of methoxy groups -OCH3 is 1. The molecule has 1 fully saturated rings. The fourth-order valence-corrected chi connectivity index (χ4v) is 3.60. The molecule has 0 aliphatic carbocycles. The highest BCUT2D eigenvalue weighted by Gasteiger charge is 2.35. The first-order valence-electron chi connectivity index (χ1n) is 8.04. The lowest BCUT2D eigenvalue weighted by Gasteiger charge is -2.15. The van der Waals surface area contributed by atoms with Crippen molar-refractivity contribution in [1.82, 2.24) is 4.90 Å². The third-order valence-corrected chi connectivity index (χ3v) is 5.44. The number of amides is 1. The second-order valence-corrected chi connectivity index (χ2v) is 7.93. The number of halogens is 1. The van der Waals surface area contributed by atoms with E-state index in [9.17, 15) is 4.79 Å². The topological polar surface area (TPSA) is 54.3 Å². The molecule has 1 amide bonds. The summed E-state index contributed by atoms with van der Waals surface area (Å²) >= 11 is 4.83. The molecule has 1 saturated heterocycles. The molecule has 0 bridgehead atoms. The molecule has 1 heterocycles. The van der Waals surface area contributed by atoms with Crippen LogP contribution in [0.25, 0.3) is 0 Å². The van der Waals surface area contributed by atoms with E-state index in [2.05, 4.69) is 26.1 Å². The Morgan fingerprint density at radius 1 is 1.19 bits per heavy atom. The molecule has 26 heavy (non-hydrogen) atoms. The van der Waals surface area contributed by atoms with Gasteiger partial charge in [-0.2, -0.15) is 5.10 Å². The van der Waals surface area contributed by atoms with E-state index in [1.54, 1.807) is 18.2 Å². The average Bonchev–Trinajstić information content (AvgIpc) is 2.92. The van der Waals surface area contributed by atoms with Gasteiger partial charge in [0.25, 0.3) is 0 Å². The van der Waals surface area contributed by atoms with E-state index in [1.807, 2.05) is 55.5 Å². The molecule has 0 radical (unpaired) electrons. The molecule has 134 valence electrons. The zero-order valence-electron chi connectivity index (χ0n) is 14.4. The molecule has 3 rings (SSSR count). The Balaban J connectivity index is 1.75. The van der Waals surface area contributed by atoms with Gasteiger partial charge in [-0.1, -0.05) is 52.0 Å². The second kappa shape index (κ2) is 8.51. The highest BCUT2D eigenvalue weighted by Crippen LogP contribution is 2.28. The Hall–Kier alpha value is -2.12. The van der Waals surface area contributed by atoms with Crippen molar-refractivity contribution in [2.45, 2.75) is 18.7 Å². The number of rotatable bonds is 5. The number of hydrogen-bond acceptors (Lipinski definition) is 5. The van der Waals surface area contributed by atoms with Crippen LogP contribution in [0.4, 0.5) is 0 Å². The summed E-state index contributed by atoms with van der Waals surface area (Å²) in [5.41, 5.74) is 1.96. The molecule has 1 atom stereocenters. The van der Waals surface area contributed by atoms with Crippen molar-refractivity contribution < 1.29 is 9.53 Å². The van der Waals surface area contributed by atoms with E-state index in [-0.39, 0.29) is 11.2 Å².